The molecule has 3 rings (SSSR count). The Morgan fingerprint density at radius 1 is 1.27 bits per heavy atom. The van der Waals surface area contributed by atoms with Crippen LogP contribution in [-0.2, 0) is 14.3 Å². The molecule has 1 aliphatic carbocycles. The summed E-state index contributed by atoms with van der Waals surface area (Å²) in [5.41, 5.74) is 1.48. The number of ketones is 1. The summed E-state index contributed by atoms with van der Waals surface area (Å²) in [7, 11) is 3.18. The van der Waals surface area contributed by atoms with Crippen LogP contribution in [-0.4, -0.2) is 36.9 Å². The Hall–Kier alpha value is -2.36. The molecule has 0 aromatic heterocycles. The summed E-state index contributed by atoms with van der Waals surface area (Å²) in [6.45, 7) is 0. The van der Waals surface area contributed by atoms with Gasteiger partial charge in [-0.3, -0.25) is 4.79 Å². The lowest BCUT2D eigenvalue weighted by atomic mass is 9.76. The average Bonchev–Trinajstić information content (AvgIpc) is 2.66. The van der Waals surface area contributed by atoms with E-state index in [9.17, 15) is 9.59 Å². The van der Waals surface area contributed by atoms with Crippen LogP contribution in [0.4, 0.5) is 0 Å². The largest absolute Gasteiger partial charge is 0.466 e. The molecule has 2 bridgehead atoms. The molecule has 0 fully saturated rings. The second-order valence-electron chi connectivity index (χ2n) is 5.74. The number of ether oxygens (including phenoxy) is 1. The lowest BCUT2D eigenvalue weighted by Crippen LogP contribution is -2.45. The summed E-state index contributed by atoms with van der Waals surface area (Å²) < 4.78 is 4.89. The van der Waals surface area contributed by atoms with Crippen molar-refractivity contribution >= 4 is 11.8 Å². The van der Waals surface area contributed by atoms with Crippen LogP contribution in [0.25, 0.3) is 0 Å². The Kier molecular flexibility index (Phi) is 3.84. The highest BCUT2D eigenvalue weighted by Crippen LogP contribution is 2.39. The van der Waals surface area contributed by atoms with Crippen LogP contribution in [0.5, 0.6) is 0 Å². The second kappa shape index (κ2) is 5.79. The zero-order chi connectivity index (χ0) is 15.7. The first-order valence-electron chi connectivity index (χ1n) is 7.40. The van der Waals surface area contributed by atoms with Gasteiger partial charge in [-0.1, -0.05) is 42.5 Å². The van der Waals surface area contributed by atoms with E-state index >= 15 is 0 Å². The van der Waals surface area contributed by atoms with Crippen LogP contribution in [0.1, 0.15) is 17.9 Å². The molecule has 0 radical (unpaired) electrons. The van der Waals surface area contributed by atoms with Gasteiger partial charge >= 0.3 is 5.97 Å². The van der Waals surface area contributed by atoms with Crippen LogP contribution >= 0.6 is 0 Å². The van der Waals surface area contributed by atoms with Crippen LogP contribution in [0, 0.1) is 5.92 Å². The van der Waals surface area contributed by atoms with Gasteiger partial charge in [0.05, 0.1) is 24.6 Å². The normalized spacial score (nSPS) is 27.2. The number of benzene rings is 1. The van der Waals surface area contributed by atoms with Gasteiger partial charge in [-0.2, -0.15) is 0 Å². The third-order valence-corrected chi connectivity index (χ3v) is 4.47. The van der Waals surface area contributed by atoms with E-state index in [0.29, 0.717) is 12.0 Å². The average molecular weight is 297 g/mol. The molecule has 1 aromatic rings. The maximum absolute atomic E-state index is 12.9. The lowest BCUT2D eigenvalue weighted by molar-refractivity contribution is -0.140. The Bertz CT molecular complexity index is 648. The lowest BCUT2D eigenvalue weighted by Gasteiger charge is -2.35. The quantitative estimate of drug-likeness (QED) is 0.621. The van der Waals surface area contributed by atoms with Crippen molar-refractivity contribution in [3.8, 4) is 0 Å². The minimum Gasteiger partial charge on any atom is -0.466 e. The molecule has 114 valence electrons. The van der Waals surface area contributed by atoms with Crippen molar-refractivity contribution < 1.29 is 14.3 Å². The van der Waals surface area contributed by atoms with Gasteiger partial charge in [-0.25, -0.2) is 4.79 Å². The summed E-state index contributed by atoms with van der Waals surface area (Å²) in [6, 6.07) is 9.63. The van der Waals surface area contributed by atoms with Crippen molar-refractivity contribution in [2.24, 2.45) is 5.92 Å². The van der Waals surface area contributed by atoms with Crippen LogP contribution < -0.4 is 0 Å². The van der Waals surface area contributed by atoms with Gasteiger partial charge in [0.2, 0.25) is 0 Å². The van der Waals surface area contributed by atoms with Crippen LogP contribution in [0.3, 0.4) is 0 Å². The molecule has 4 nitrogen and oxygen atoms in total. The fourth-order valence-electron chi connectivity index (χ4n) is 3.35. The zero-order valence-corrected chi connectivity index (χ0v) is 12.7. The summed E-state index contributed by atoms with van der Waals surface area (Å²) in [5, 5.41) is 0. The molecule has 0 N–H and O–H groups in total. The van der Waals surface area contributed by atoms with Gasteiger partial charge in [0, 0.05) is 19.2 Å². The molecule has 3 atom stereocenters. The van der Waals surface area contributed by atoms with E-state index in [-0.39, 0.29) is 17.7 Å². The van der Waals surface area contributed by atoms with Gasteiger partial charge in [0.15, 0.2) is 5.78 Å². The SMILES string of the molecule is COC(=O)C1=CN(C)[C@@H]2CC=C[C@H](c3ccccc3)[C@H]1C2=O. The second-order valence-corrected chi connectivity index (χ2v) is 5.74. The number of rotatable bonds is 2. The standard InChI is InChI=1S/C18H19NO3/c1-19-11-14(18(21)22-2)16-13(12-7-4-3-5-8-12)9-6-10-15(19)17(16)20/h3-9,11,13,15-16H,10H2,1-2H3/t13-,15-,16-/m1/s1. The predicted octanol–water partition coefficient (Wildman–Crippen LogP) is 2.29. The van der Waals surface area contributed by atoms with E-state index in [0.717, 1.165) is 5.56 Å². The molecule has 0 amide bonds. The minimum atomic E-state index is -0.477. The molecular weight excluding hydrogens is 278 g/mol. The fraction of sp³-hybridized carbons (Fsp3) is 0.333. The summed E-state index contributed by atoms with van der Waals surface area (Å²) in [5.74, 6) is -0.948. The van der Waals surface area contributed by atoms with E-state index in [4.69, 9.17) is 4.74 Å². The van der Waals surface area contributed by atoms with Gasteiger partial charge < -0.3 is 9.64 Å². The highest BCUT2D eigenvalue weighted by molar-refractivity contribution is 6.02. The molecule has 1 aromatic carbocycles. The van der Waals surface area contributed by atoms with E-state index in [1.54, 1.807) is 6.20 Å². The van der Waals surface area contributed by atoms with Gasteiger partial charge in [-0.15, -0.1) is 0 Å². The van der Waals surface area contributed by atoms with Crippen molar-refractivity contribution in [3.63, 3.8) is 0 Å². The number of fused-ring (bicyclic) bond motifs is 2. The Morgan fingerprint density at radius 3 is 2.68 bits per heavy atom. The first kappa shape index (κ1) is 14.6. The molecule has 2 aliphatic rings. The zero-order valence-electron chi connectivity index (χ0n) is 12.7. The molecule has 4 heteroatoms. The fourth-order valence-corrected chi connectivity index (χ4v) is 3.35. The Balaban J connectivity index is 2.11. The van der Waals surface area contributed by atoms with Gasteiger partial charge in [-0.05, 0) is 12.0 Å². The number of hydrogen-bond donors (Lipinski definition) is 0. The molecule has 0 unspecified atom stereocenters. The number of likely N-dealkylation sites (N-methyl/N-ethyl adjacent to an activating group) is 1. The third-order valence-electron chi connectivity index (χ3n) is 4.47. The number of methoxy groups -OCH3 is 1. The van der Waals surface area contributed by atoms with E-state index in [2.05, 4.69) is 0 Å². The number of allylic oxidation sites excluding steroid dienone is 1. The smallest absolute Gasteiger partial charge is 0.335 e. The highest BCUT2D eigenvalue weighted by atomic mass is 16.5. The highest BCUT2D eigenvalue weighted by Gasteiger charge is 2.43. The first-order chi connectivity index (χ1) is 10.6. The van der Waals surface area contributed by atoms with E-state index in [1.807, 2.05) is 54.4 Å². The number of esters is 1. The number of carbonyl (C=O) groups excluding carboxylic acids is 2. The maximum Gasteiger partial charge on any atom is 0.335 e. The minimum absolute atomic E-state index is 0.0873. The maximum atomic E-state index is 12.9. The van der Waals surface area contributed by atoms with E-state index < -0.39 is 11.9 Å². The van der Waals surface area contributed by atoms with Crippen molar-refractivity contribution in [2.45, 2.75) is 18.4 Å². The molecule has 1 aliphatic heterocycles. The first-order valence-corrected chi connectivity index (χ1v) is 7.40. The molecule has 0 saturated carbocycles. The van der Waals surface area contributed by atoms with Crippen molar-refractivity contribution in [1.29, 1.82) is 0 Å². The topological polar surface area (TPSA) is 46.6 Å². The third kappa shape index (κ3) is 2.34. The van der Waals surface area contributed by atoms with Crippen molar-refractivity contribution in [1.82, 2.24) is 4.90 Å². The van der Waals surface area contributed by atoms with Gasteiger partial charge in [0.1, 0.15) is 0 Å². The monoisotopic (exact) mass is 297 g/mol. The summed E-state index contributed by atoms with van der Waals surface area (Å²) in [6.07, 6.45) is 6.53. The molecule has 0 saturated heterocycles. The number of carbonyl (C=O) groups is 2. The molecular formula is C18H19NO3. The Labute approximate surface area is 130 Å². The van der Waals surface area contributed by atoms with Gasteiger partial charge in [0.25, 0.3) is 0 Å². The van der Waals surface area contributed by atoms with E-state index in [1.165, 1.54) is 7.11 Å². The Morgan fingerprint density at radius 2 is 2.00 bits per heavy atom. The van der Waals surface area contributed by atoms with Crippen LogP contribution in [0.2, 0.25) is 0 Å². The number of hydrogen-bond acceptors (Lipinski definition) is 4. The molecule has 1 heterocycles. The summed E-state index contributed by atoms with van der Waals surface area (Å²) >= 11 is 0. The van der Waals surface area contributed by atoms with Crippen molar-refractivity contribution in [2.75, 3.05) is 14.2 Å². The number of nitrogens with zero attached hydrogens (tertiary/aromatic N) is 1. The number of Topliss-reactive ketones (excluding diaryl/α,β-unsaturated/α-hetero) is 1. The molecule has 22 heavy (non-hydrogen) atoms. The molecule has 0 spiro atoms. The predicted molar refractivity (Wildman–Crippen MR) is 83.1 cm³/mol. The van der Waals surface area contributed by atoms with Crippen LogP contribution in [0.15, 0.2) is 54.3 Å². The summed E-state index contributed by atoms with van der Waals surface area (Å²) in [4.78, 5) is 26.9. The van der Waals surface area contributed by atoms with Crippen molar-refractivity contribution in [3.05, 3.63) is 59.8 Å².